The van der Waals surface area contributed by atoms with Crippen molar-refractivity contribution in [3.63, 3.8) is 0 Å². The molecule has 0 bridgehead atoms. The van der Waals surface area contributed by atoms with Crippen LogP contribution >= 0.6 is 18.9 Å². The van der Waals surface area contributed by atoms with Crippen molar-refractivity contribution in [2.75, 3.05) is 19.5 Å². The fourth-order valence-corrected chi connectivity index (χ4v) is 7.50. The van der Waals surface area contributed by atoms with E-state index in [9.17, 15) is 22.3 Å². The Kier molecular flexibility index (Phi) is 8.98. The molecule has 36 heavy (non-hydrogen) atoms. The zero-order valence-electron chi connectivity index (χ0n) is 19.9. The third-order valence-corrected chi connectivity index (χ3v) is 9.43. The van der Waals surface area contributed by atoms with Gasteiger partial charge in [0.2, 0.25) is 0 Å². The van der Waals surface area contributed by atoms with Crippen molar-refractivity contribution in [2.24, 2.45) is 0 Å². The molecule has 0 radical (unpaired) electrons. The average Bonchev–Trinajstić information content (AvgIpc) is 3.16. The van der Waals surface area contributed by atoms with E-state index in [1.165, 1.54) is 0 Å². The van der Waals surface area contributed by atoms with Gasteiger partial charge in [-0.25, -0.2) is 17.4 Å². The highest BCUT2D eigenvalue weighted by Gasteiger charge is 2.29. The predicted molar refractivity (Wildman–Crippen MR) is 135 cm³/mol. The summed E-state index contributed by atoms with van der Waals surface area (Å²) in [5, 5.41) is 9.44. The van der Waals surface area contributed by atoms with Gasteiger partial charge < -0.3 is 18.9 Å². The van der Waals surface area contributed by atoms with Gasteiger partial charge >= 0.3 is 7.60 Å². The molecule has 0 spiro atoms. The van der Waals surface area contributed by atoms with E-state index in [-0.39, 0.29) is 15.5 Å². The van der Waals surface area contributed by atoms with Gasteiger partial charge in [0.05, 0.1) is 18.8 Å². The van der Waals surface area contributed by atoms with Crippen molar-refractivity contribution in [1.29, 1.82) is 5.26 Å². The molecule has 194 valence electrons. The van der Waals surface area contributed by atoms with Crippen LogP contribution < -0.4 is 18.7 Å². The molecule has 2 N–H and O–H groups in total. The van der Waals surface area contributed by atoms with Gasteiger partial charge in [-0.15, -0.1) is 11.3 Å². The van der Waals surface area contributed by atoms with Crippen LogP contribution in [0.3, 0.4) is 0 Å². The molecule has 1 atom stereocenters. The molecule has 0 amide bonds. The Morgan fingerprint density at radius 2 is 1.78 bits per heavy atom. The predicted octanol–water partition coefficient (Wildman–Crippen LogP) is 5.30. The molecule has 0 fully saturated rings. The van der Waals surface area contributed by atoms with Crippen LogP contribution in [-0.2, 0) is 14.6 Å². The van der Waals surface area contributed by atoms with Crippen LogP contribution in [0.25, 0.3) is 10.1 Å². The Balaban J connectivity index is 1.84. The van der Waals surface area contributed by atoms with E-state index in [0.717, 1.165) is 42.4 Å². The second-order valence-electron chi connectivity index (χ2n) is 7.79. The Morgan fingerprint density at radius 3 is 2.36 bits per heavy atom. The fourth-order valence-electron chi connectivity index (χ4n) is 3.18. The lowest BCUT2D eigenvalue weighted by Gasteiger charge is -2.14. The second-order valence-corrected chi connectivity index (χ2v) is 12.6. The zero-order valence-corrected chi connectivity index (χ0v) is 22.4. The summed E-state index contributed by atoms with van der Waals surface area (Å²) < 4.78 is 71.5. The van der Waals surface area contributed by atoms with E-state index < -0.39 is 29.7 Å². The normalized spacial score (nSPS) is 13.2. The molecule has 0 aliphatic carbocycles. The smallest absolute Gasteiger partial charge is 0.391 e. The summed E-state index contributed by atoms with van der Waals surface area (Å²) in [6.45, 7) is 6.52. The third kappa shape index (κ3) is 6.55. The first-order chi connectivity index (χ1) is 17.0. The number of fused-ring (bicyclic) bond motifs is 1. The van der Waals surface area contributed by atoms with E-state index in [0.29, 0.717) is 40.4 Å². The highest BCUT2D eigenvalue weighted by atomic mass is 32.2. The number of aryl methyl sites for hydroxylation is 1. The molecule has 0 aliphatic rings. The highest BCUT2D eigenvalue weighted by molar-refractivity contribution is 7.92. The van der Waals surface area contributed by atoms with Crippen LogP contribution in [0.2, 0.25) is 0 Å². The molecule has 0 saturated heterocycles. The van der Waals surface area contributed by atoms with Crippen molar-refractivity contribution in [3.8, 4) is 23.3 Å². The van der Waals surface area contributed by atoms with E-state index in [4.69, 9.17) is 19.3 Å². The lowest BCUT2D eigenvalue weighted by atomic mass is 10.2. The minimum atomic E-state index is -4.54. The molecule has 1 heterocycles. The molecule has 0 saturated carbocycles. The first kappa shape index (κ1) is 27.9. The molecule has 0 aliphatic heterocycles. The molecule has 3 aromatic rings. The maximum absolute atomic E-state index is 13.8. The minimum Gasteiger partial charge on any atom is -0.490 e. The molecule has 9 nitrogen and oxygen atoms in total. The van der Waals surface area contributed by atoms with Crippen LogP contribution in [0.5, 0.6) is 17.2 Å². The Labute approximate surface area is 213 Å². The maximum atomic E-state index is 13.8. The zero-order chi connectivity index (χ0) is 26.5. The van der Waals surface area contributed by atoms with Gasteiger partial charge in [-0.1, -0.05) is 13.8 Å². The second kappa shape index (κ2) is 11.6. The third-order valence-electron chi connectivity index (χ3n) is 4.89. The topological polar surface area (TPSA) is 135 Å². The first-order valence-electron chi connectivity index (χ1n) is 11.0. The van der Waals surface area contributed by atoms with Crippen molar-refractivity contribution < 1.29 is 36.3 Å². The van der Waals surface area contributed by atoms with Gasteiger partial charge in [-0.3, -0.25) is 0 Å². The van der Waals surface area contributed by atoms with Crippen LogP contribution in [0.1, 0.15) is 37.8 Å². The lowest BCUT2D eigenvalue weighted by Crippen LogP contribution is -2.25. The molecule has 1 unspecified atom stereocenters. The minimum absolute atomic E-state index is 0.0315. The van der Waals surface area contributed by atoms with Crippen LogP contribution in [0, 0.1) is 24.1 Å². The quantitative estimate of drug-likeness (QED) is 0.287. The highest BCUT2D eigenvalue weighted by Crippen LogP contribution is 2.44. The van der Waals surface area contributed by atoms with Gasteiger partial charge in [0, 0.05) is 22.2 Å². The Morgan fingerprint density at radius 1 is 1.14 bits per heavy atom. The molecule has 1 aromatic heterocycles. The number of nitrogens with one attached hydrogen (secondary N) is 1. The fraction of sp³-hybridized carbons (Fsp3) is 0.348. The Hall–Kier alpha value is -2.68. The van der Waals surface area contributed by atoms with Gasteiger partial charge in [0.15, 0.2) is 11.5 Å². The van der Waals surface area contributed by atoms with E-state index in [1.54, 1.807) is 25.1 Å². The molecular weight excluding hydrogens is 530 g/mol. The van der Waals surface area contributed by atoms with E-state index in [2.05, 4.69) is 4.72 Å². The summed E-state index contributed by atoms with van der Waals surface area (Å²) in [6.07, 6.45) is 0.632. The number of halogens is 1. The van der Waals surface area contributed by atoms with Gasteiger partial charge in [-0.05, 0) is 43.5 Å². The van der Waals surface area contributed by atoms with E-state index in [1.807, 2.05) is 13.8 Å². The number of rotatable bonds is 12. The maximum Gasteiger partial charge on any atom is 0.391 e. The number of nitrogens with zero attached hydrogens (tertiary/aromatic N) is 1. The molecule has 2 aromatic carbocycles. The largest absolute Gasteiger partial charge is 0.490 e. The number of thiophene rings is 1. The summed E-state index contributed by atoms with van der Waals surface area (Å²) in [4.78, 5) is 10.1. The number of nitriles is 1. The number of benzene rings is 2. The number of hydrogen-bond acceptors (Lipinski definition) is 8. The summed E-state index contributed by atoms with van der Waals surface area (Å²) in [5.74, 6) is -0.216. The molecular formula is C23H26FN2O7PS2. The summed E-state index contributed by atoms with van der Waals surface area (Å²) in [6, 6.07) is 8.10. The number of hydrogen-bond donors (Lipinski definition) is 2. The van der Waals surface area contributed by atoms with Crippen molar-refractivity contribution in [1.82, 2.24) is 4.72 Å². The van der Waals surface area contributed by atoms with Gasteiger partial charge in [-0.2, -0.15) is 9.98 Å². The van der Waals surface area contributed by atoms with Crippen molar-refractivity contribution >= 4 is 39.0 Å². The van der Waals surface area contributed by atoms with Gasteiger partial charge in [0.1, 0.15) is 28.1 Å². The van der Waals surface area contributed by atoms with Gasteiger partial charge in [0.25, 0.3) is 10.0 Å². The number of ether oxygens (including phenoxy) is 2. The molecule has 13 heteroatoms. The monoisotopic (exact) mass is 556 g/mol. The van der Waals surface area contributed by atoms with Crippen LogP contribution in [0.15, 0.2) is 34.5 Å². The van der Waals surface area contributed by atoms with Crippen LogP contribution in [0.4, 0.5) is 4.39 Å². The average molecular weight is 557 g/mol. The van der Waals surface area contributed by atoms with E-state index >= 15 is 0 Å². The standard InChI is InChI=1S/C23H26FN2O7PS2/c1-4-8-31-20-11-18-15(3)23(35-22(18)12-21(20)32-9-5-2)36(29,30)26-14-34(27,28)33-17-7-6-16(13-25)19(24)10-17/h6-7,10-12,26H,4-5,8-9,14H2,1-3H3,(H,27,28). The van der Waals surface area contributed by atoms with Crippen molar-refractivity contribution in [2.45, 2.75) is 37.8 Å². The summed E-state index contributed by atoms with van der Waals surface area (Å²) in [5.41, 5.74) is 0.191. The van der Waals surface area contributed by atoms with Crippen molar-refractivity contribution in [3.05, 3.63) is 47.3 Å². The SMILES string of the molecule is CCCOc1cc2sc(S(=O)(=O)NCP(=O)(O)Oc3ccc(C#N)c(F)c3)c(C)c2cc1OCCC. The Bertz CT molecular complexity index is 1450. The summed E-state index contributed by atoms with van der Waals surface area (Å²) >= 11 is 0.993. The first-order valence-corrected chi connectivity index (χ1v) is 15.1. The number of sulfonamides is 1. The molecule has 3 rings (SSSR count). The van der Waals surface area contributed by atoms with Crippen LogP contribution in [-0.4, -0.2) is 32.8 Å². The lowest BCUT2D eigenvalue weighted by molar-refractivity contribution is 0.269. The summed E-state index contributed by atoms with van der Waals surface area (Å²) in [7, 11) is -8.74.